The van der Waals surface area contributed by atoms with Crippen molar-refractivity contribution < 1.29 is 24.0 Å². The summed E-state index contributed by atoms with van der Waals surface area (Å²) in [6.07, 6.45) is 0.594. The third-order valence-electron chi connectivity index (χ3n) is 5.05. The molecule has 0 saturated heterocycles. The molecule has 0 fully saturated rings. The van der Waals surface area contributed by atoms with Crippen molar-refractivity contribution in [2.75, 3.05) is 12.5 Å². The summed E-state index contributed by atoms with van der Waals surface area (Å²) in [5, 5.41) is 11.8. The number of ether oxygens (including phenoxy) is 2. The van der Waals surface area contributed by atoms with E-state index in [-0.39, 0.29) is 16.8 Å². The van der Waals surface area contributed by atoms with Gasteiger partial charge < -0.3 is 9.47 Å². The summed E-state index contributed by atoms with van der Waals surface area (Å²) < 4.78 is 11.3. The third-order valence-corrected chi connectivity index (χ3v) is 7.08. The minimum Gasteiger partial charge on any atom is -0.469 e. The number of carbonyl (C=O) groups excluding carboxylic acids is 2. The van der Waals surface area contributed by atoms with E-state index >= 15 is 0 Å². The maximum atomic E-state index is 13.3. The van der Waals surface area contributed by atoms with Crippen LogP contribution in [0.5, 0.6) is 0 Å². The van der Waals surface area contributed by atoms with Gasteiger partial charge >= 0.3 is 11.9 Å². The summed E-state index contributed by atoms with van der Waals surface area (Å²) in [5.41, 5.74) is 1.13. The van der Waals surface area contributed by atoms with Gasteiger partial charge in [-0.3, -0.25) is 19.9 Å². The summed E-state index contributed by atoms with van der Waals surface area (Å²) >= 11 is 0. The van der Waals surface area contributed by atoms with Crippen molar-refractivity contribution in [2.45, 2.75) is 59.0 Å². The average molecular weight is 491 g/mol. The number of rotatable bonds is 8. The van der Waals surface area contributed by atoms with Crippen molar-refractivity contribution in [2.24, 2.45) is 10.9 Å². The highest BCUT2D eigenvalue weighted by Crippen LogP contribution is 2.43. The van der Waals surface area contributed by atoms with Gasteiger partial charge in [0.1, 0.15) is 5.92 Å². The molecule has 1 aromatic rings. The molecule has 10 heteroatoms. The number of nitro benzene ring substituents is 1. The number of benzene rings is 1. The Morgan fingerprint density at radius 1 is 1.00 bits per heavy atom. The van der Waals surface area contributed by atoms with Gasteiger partial charge in [-0.2, -0.15) is 0 Å². The number of nitrogens with zero attached hydrogens (tertiary/aromatic N) is 2. The molecule has 33 heavy (non-hydrogen) atoms. The number of para-hydroxylation sites is 1. The van der Waals surface area contributed by atoms with E-state index in [1.165, 1.54) is 6.07 Å². The molecule has 2 rings (SSSR count). The van der Waals surface area contributed by atoms with E-state index in [9.17, 15) is 19.7 Å². The highest BCUT2D eigenvalue weighted by atomic mass is 28.3. The number of nitro groups is 1. The fourth-order valence-electron chi connectivity index (χ4n) is 3.60. The lowest BCUT2D eigenvalue weighted by Crippen LogP contribution is -2.40. The Morgan fingerprint density at radius 2 is 1.55 bits per heavy atom. The van der Waals surface area contributed by atoms with Crippen LogP contribution in [0.3, 0.4) is 0 Å². The number of aliphatic imine (C=N–C) groups is 1. The highest BCUT2D eigenvalue weighted by molar-refractivity contribution is 6.76. The van der Waals surface area contributed by atoms with Gasteiger partial charge in [-0.05, 0) is 13.8 Å². The molecule has 1 heterocycles. The van der Waals surface area contributed by atoms with Crippen LogP contribution in [0, 0.1) is 16.0 Å². The van der Waals surface area contributed by atoms with E-state index in [4.69, 9.17) is 9.47 Å². The van der Waals surface area contributed by atoms with Crippen LogP contribution in [0.2, 0.25) is 39.3 Å². The normalized spacial score (nSPS) is 19.1. The first-order chi connectivity index (χ1) is 15.1. The van der Waals surface area contributed by atoms with Crippen molar-refractivity contribution in [1.82, 2.24) is 0 Å². The van der Waals surface area contributed by atoms with Gasteiger partial charge in [0.05, 0.1) is 39.1 Å². The van der Waals surface area contributed by atoms with Gasteiger partial charge in [0.15, 0.2) is 0 Å². The Hall–Kier alpha value is -2.60. The van der Waals surface area contributed by atoms with E-state index < -0.39 is 44.8 Å². The molecule has 2 atom stereocenters. The van der Waals surface area contributed by atoms with Crippen molar-refractivity contribution >= 4 is 39.5 Å². The lowest BCUT2D eigenvalue weighted by molar-refractivity contribution is -0.385. The van der Waals surface area contributed by atoms with Crippen LogP contribution in [-0.2, 0) is 19.1 Å². The van der Waals surface area contributed by atoms with Crippen molar-refractivity contribution in [3.63, 3.8) is 0 Å². The predicted octanol–water partition coefficient (Wildman–Crippen LogP) is 4.88. The zero-order valence-electron chi connectivity index (χ0n) is 20.7. The zero-order chi connectivity index (χ0) is 25.1. The molecule has 1 aliphatic heterocycles. The lowest BCUT2D eigenvalue weighted by atomic mass is 9.75. The Balaban J connectivity index is 2.63. The fraction of sp³-hybridized carbons (Fsp3) is 0.522. The molecule has 0 aromatic heterocycles. The third kappa shape index (κ3) is 6.94. The highest BCUT2D eigenvalue weighted by Gasteiger charge is 2.45. The number of hydrogen-bond donors (Lipinski definition) is 0. The standard InChI is InChI=1S/C23H34N2O6Si2/c1-15-19(22(26)30-13-32(3,4)5)21(17-11-9-10-12-18(17)25(28)29)20(16(2)24-15)23(27)31-14-33(6,7)8/h9-12,19,21H,13-14H2,1-8H3. The number of carbonyl (C=O) groups is 2. The Labute approximate surface area is 197 Å². The smallest absolute Gasteiger partial charge is 0.336 e. The zero-order valence-corrected chi connectivity index (χ0v) is 22.7. The van der Waals surface area contributed by atoms with Crippen LogP contribution >= 0.6 is 0 Å². The van der Waals surface area contributed by atoms with Gasteiger partial charge in [-0.15, -0.1) is 0 Å². The van der Waals surface area contributed by atoms with E-state index in [1.54, 1.807) is 32.0 Å². The minimum atomic E-state index is -1.72. The Bertz CT molecular complexity index is 1000. The molecule has 0 radical (unpaired) electrons. The van der Waals surface area contributed by atoms with E-state index in [0.717, 1.165) is 0 Å². The van der Waals surface area contributed by atoms with Crippen LogP contribution in [0.4, 0.5) is 5.69 Å². The molecular formula is C23H34N2O6Si2. The summed E-state index contributed by atoms with van der Waals surface area (Å²) in [7, 11) is -3.43. The summed E-state index contributed by atoms with van der Waals surface area (Å²) in [6.45, 7) is 15.8. The van der Waals surface area contributed by atoms with Gasteiger partial charge in [-0.25, -0.2) is 4.79 Å². The maximum Gasteiger partial charge on any atom is 0.336 e. The van der Waals surface area contributed by atoms with E-state index in [2.05, 4.69) is 44.3 Å². The lowest BCUT2D eigenvalue weighted by Gasteiger charge is -2.32. The molecule has 0 spiro atoms. The molecular weight excluding hydrogens is 456 g/mol. The van der Waals surface area contributed by atoms with Crippen LogP contribution in [0.1, 0.15) is 25.3 Å². The van der Waals surface area contributed by atoms with Crippen LogP contribution in [0.15, 0.2) is 40.5 Å². The summed E-state index contributed by atoms with van der Waals surface area (Å²) in [4.78, 5) is 42.4. The molecule has 0 bridgehead atoms. The van der Waals surface area contributed by atoms with Gasteiger partial charge in [0, 0.05) is 29.0 Å². The second kappa shape index (κ2) is 10.1. The number of allylic oxidation sites excluding steroid dienone is 1. The molecule has 0 amide bonds. The molecule has 2 unspecified atom stereocenters. The van der Waals surface area contributed by atoms with Crippen LogP contribution in [0.25, 0.3) is 0 Å². The summed E-state index contributed by atoms with van der Waals surface area (Å²) in [6, 6.07) is 6.18. The predicted molar refractivity (Wildman–Crippen MR) is 134 cm³/mol. The first kappa shape index (κ1) is 26.7. The van der Waals surface area contributed by atoms with Crippen molar-refractivity contribution in [1.29, 1.82) is 0 Å². The fourth-order valence-corrected chi connectivity index (χ4v) is 4.74. The van der Waals surface area contributed by atoms with E-state index in [0.29, 0.717) is 23.9 Å². The van der Waals surface area contributed by atoms with E-state index in [1.807, 2.05) is 0 Å². The molecule has 0 saturated carbocycles. The van der Waals surface area contributed by atoms with Gasteiger partial charge in [0.2, 0.25) is 0 Å². The van der Waals surface area contributed by atoms with Crippen molar-refractivity contribution in [3.05, 3.63) is 51.2 Å². The number of hydrogen-bond acceptors (Lipinski definition) is 7. The maximum absolute atomic E-state index is 13.3. The first-order valence-corrected chi connectivity index (χ1v) is 18.4. The first-order valence-electron chi connectivity index (χ1n) is 11.0. The quantitative estimate of drug-likeness (QED) is 0.222. The van der Waals surface area contributed by atoms with Crippen molar-refractivity contribution in [3.8, 4) is 0 Å². The van der Waals surface area contributed by atoms with Crippen LogP contribution < -0.4 is 0 Å². The number of esters is 2. The molecule has 0 aliphatic carbocycles. The summed E-state index contributed by atoms with van der Waals surface area (Å²) in [5.74, 6) is -3.02. The molecule has 1 aliphatic rings. The Kier molecular flexibility index (Phi) is 8.18. The van der Waals surface area contributed by atoms with Gasteiger partial charge in [-0.1, -0.05) is 57.5 Å². The monoisotopic (exact) mass is 490 g/mol. The van der Waals surface area contributed by atoms with Gasteiger partial charge in [0.25, 0.3) is 5.69 Å². The minimum absolute atomic E-state index is 0.163. The molecule has 8 nitrogen and oxygen atoms in total. The topological polar surface area (TPSA) is 108 Å². The molecule has 1 aromatic carbocycles. The molecule has 180 valence electrons. The Morgan fingerprint density at radius 3 is 2.09 bits per heavy atom. The molecule has 0 N–H and O–H groups in total. The van der Waals surface area contributed by atoms with Crippen LogP contribution in [-0.4, -0.2) is 51.2 Å². The largest absolute Gasteiger partial charge is 0.469 e. The second-order valence-corrected chi connectivity index (χ2v) is 21.6. The second-order valence-electron chi connectivity index (χ2n) is 10.8. The average Bonchev–Trinajstić information content (AvgIpc) is 2.68. The SMILES string of the molecule is CC1=NC(C)=C(C(=O)OC[Si](C)(C)C)C(c2ccccc2[N+](=O)[O-])C1C(=O)OC[Si](C)(C)C.